The van der Waals surface area contributed by atoms with E-state index in [0.29, 0.717) is 13.0 Å². The van der Waals surface area contributed by atoms with E-state index < -0.39 is 16.0 Å². The van der Waals surface area contributed by atoms with Crippen LogP contribution in [0.4, 0.5) is 0 Å². The van der Waals surface area contributed by atoms with Crippen LogP contribution in [0.2, 0.25) is 10.0 Å². The average molecular weight is 355 g/mol. The Hall–Kier alpha value is -0.860. The number of aromatic carboxylic acids is 1. The molecule has 0 aliphatic rings. The van der Waals surface area contributed by atoms with Crippen LogP contribution < -0.4 is 10.0 Å². The number of carboxylic acids is 1. The normalized spacial score (nSPS) is 11.6. The molecule has 0 amide bonds. The van der Waals surface area contributed by atoms with E-state index in [1.807, 2.05) is 6.92 Å². The molecule has 9 heteroatoms. The maximum absolute atomic E-state index is 12.1. The first-order chi connectivity index (χ1) is 9.79. The number of hydrogen-bond donors (Lipinski definition) is 3. The van der Waals surface area contributed by atoms with E-state index in [9.17, 15) is 13.2 Å². The van der Waals surface area contributed by atoms with Gasteiger partial charge in [0.15, 0.2) is 0 Å². The molecule has 0 heterocycles. The number of rotatable bonds is 8. The van der Waals surface area contributed by atoms with Gasteiger partial charge < -0.3 is 10.4 Å². The second-order valence-electron chi connectivity index (χ2n) is 4.17. The van der Waals surface area contributed by atoms with Gasteiger partial charge in [0.25, 0.3) is 0 Å². The van der Waals surface area contributed by atoms with Gasteiger partial charge in [-0.25, -0.2) is 17.9 Å². The number of carbonyl (C=O) groups is 1. The minimum absolute atomic E-state index is 0.112. The fourth-order valence-electron chi connectivity index (χ4n) is 1.57. The Balaban J connectivity index is 2.92. The summed E-state index contributed by atoms with van der Waals surface area (Å²) in [7, 11) is -3.88. The number of sulfonamides is 1. The van der Waals surface area contributed by atoms with Crippen LogP contribution in [0.25, 0.3) is 0 Å². The summed E-state index contributed by atoms with van der Waals surface area (Å²) in [6.45, 7) is 3.65. The zero-order chi connectivity index (χ0) is 16.0. The van der Waals surface area contributed by atoms with E-state index in [1.165, 1.54) is 0 Å². The third-order valence-electron chi connectivity index (χ3n) is 2.61. The van der Waals surface area contributed by atoms with E-state index in [2.05, 4.69) is 10.0 Å². The van der Waals surface area contributed by atoms with Crippen LogP contribution >= 0.6 is 23.2 Å². The van der Waals surface area contributed by atoms with Gasteiger partial charge in [0.05, 0.1) is 15.6 Å². The van der Waals surface area contributed by atoms with Crippen molar-refractivity contribution >= 4 is 39.2 Å². The Morgan fingerprint density at radius 2 is 1.90 bits per heavy atom. The number of carboxylic acid groups (broad SMARTS) is 1. The van der Waals surface area contributed by atoms with E-state index in [0.717, 1.165) is 18.7 Å². The molecule has 0 atom stereocenters. The van der Waals surface area contributed by atoms with Crippen molar-refractivity contribution in [1.29, 1.82) is 0 Å². The number of nitrogens with one attached hydrogen (secondary N) is 2. The van der Waals surface area contributed by atoms with E-state index in [1.54, 1.807) is 0 Å². The van der Waals surface area contributed by atoms with Gasteiger partial charge in [-0.05, 0) is 31.6 Å². The molecule has 0 aliphatic carbocycles. The maximum atomic E-state index is 12.1. The van der Waals surface area contributed by atoms with Crippen LogP contribution in [0.1, 0.15) is 23.7 Å². The SMILES string of the molecule is CCNCCCNS(=O)(=O)c1cc(C(=O)O)c(Cl)cc1Cl. The smallest absolute Gasteiger partial charge is 0.337 e. The molecular weight excluding hydrogens is 339 g/mol. The highest BCUT2D eigenvalue weighted by atomic mass is 35.5. The highest BCUT2D eigenvalue weighted by molar-refractivity contribution is 7.89. The van der Waals surface area contributed by atoms with Crippen LogP contribution in [0.5, 0.6) is 0 Å². The fourth-order valence-corrected chi connectivity index (χ4v) is 3.50. The standard InChI is InChI=1S/C12H16Cl2N2O4S/c1-2-15-4-3-5-16-21(19,20)11-6-8(12(17)18)9(13)7-10(11)14/h6-7,15-16H,2-5H2,1H3,(H,17,18). The van der Waals surface area contributed by atoms with Crippen molar-refractivity contribution in [2.45, 2.75) is 18.2 Å². The van der Waals surface area contributed by atoms with Gasteiger partial charge in [0.1, 0.15) is 4.90 Å². The topological polar surface area (TPSA) is 95.5 Å². The average Bonchev–Trinajstić information content (AvgIpc) is 2.37. The molecule has 1 aromatic carbocycles. The van der Waals surface area contributed by atoms with Crippen molar-refractivity contribution in [3.8, 4) is 0 Å². The lowest BCUT2D eigenvalue weighted by Crippen LogP contribution is -2.28. The first-order valence-corrected chi connectivity index (χ1v) is 8.46. The van der Waals surface area contributed by atoms with E-state index in [4.69, 9.17) is 28.3 Å². The van der Waals surface area contributed by atoms with Gasteiger partial charge in [-0.1, -0.05) is 30.1 Å². The first-order valence-electron chi connectivity index (χ1n) is 6.22. The zero-order valence-corrected chi connectivity index (χ0v) is 13.6. The van der Waals surface area contributed by atoms with Crippen LogP contribution in [-0.4, -0.2) is 39.1 Å². The van der Waals surface area contributed by atoms with Crippen LogP contribution in [0, 0.1) is 0 Å². The molecular formula is C12H16Cl2N2O4S. The van der Waals surface area contributed by atoms with Gasteiger partial charge in [-0.3, -0.25) is 0 Å². The van der Waals surface area contributed by atoms with Crippen molar-refractivity contribution in [3.63, 3.8) is 0 Å². The summed E-state index contributed by atoms with van der Waals surface area (Å²) in [5, 5.41) is 11.8. The summed E-state index contributed by atoms with van der Waals surface area (Å²) in [5.74, 6) is -1.32. The van der Waals surface area contributed by atoms with Gasteiger partial charge >= 0.3 is 5.97 Å². The van der Waals surface area contributed by atoms with Crippen molar-refractivity contribution < 1.29 is 18.3 Å². The summed E-state index contributed by atoms with van der Waals surface area (Å²) in [5.41, 5.74) is -0.311. The largest absolute Gasteiger partial charge is 0.478 e. The lowest BCUT2D eigenvalue weighted by molar-refractivity contribution is 0.0697. The van der Waals surface area contributed by atoms with Gasteiger partial charge in [-0.2, -0.15) is 0 Å². The van der Waals surface area contributed by atoms with Crippen molar-refractivity contribution in [2.75, 3.05) is 19.6 Å². The molecule has 0 saturated carbocycles. The lowest BCUT2D eigenvalue weighted by Gasteiger charge is -2.10. The molecule has 21 heavy (non-hydrogen) atoms. The second-order valence-corrected chi connectivity index (χ2v) is 6.72. The molecule has 0 saturated heterocycles. The maximum Gasteiger partial charge on any atom is 0.337 e. The summed E-state index contributed by atoms with van der Waals surface area (Å²) >= 11 is 11.6. The van der Waals surface area contributed by atoms with Crippen molar-refractivity contribution in [1.82, 2.24) is 10.0 Å². The molecule has 1 aromatic rings. The van der Waals surface area contributed by atoms with Crippen molar-refractivity contribution in [2.24, 2.45) is 0 Å². The van der Waals surface area contributed by atoms with Crippen LogP contribution in [-0.2, 0) is 10.0 Å². The molecule has 3 N–H and O–H groups in total. The minimum Gasteiger partial charge on any atom is -0.478 e. The highest BCUT2D eigenvalue weighted by Gasteiger charge is 2.22. The molecule has 0 radical (unpaired) electrons. The van der Waals surface area contributed by atoms with Crippen LogP contribution in [0.3, 0.4) is 0 Å². The first kappa shape index (κ1) is 18.2. The lowest BCUT2D eigenvalue weighted by atomic mass is 10.2. The van der Waals surface area contributed by atoms with Gasteiger partial charge in [-0.15, -0.1) is 0 Å². The minimum atomic E-state index is -3.88. The highest BCUT2D eigenvalue weighted by Crippen LogP contribution is 2.28. The molecule has 6 nitrogen and oxygen atoms in total. The summed E-state index contributed by atoms with van der Waals surface area (Å²) in [4.78, 5) is 10.7. The van der Waals surface area contributed by atoms with Crippen LogP contribution in [0.15, 0.2) is 17.0 Å². The van der Waals surface area contributed by atoms with Gasteiger partial charge in [0.2, 0.25) is 10.0 Å². The molecule has 1 rings (SSSR count). The monoisotopic (exact) mass is 354 g/mol. The molecule has 0 aromatic heterocycles. The fraction of sp³-hybridized carbons (Fsp3) is 0.417. The van der Waals surface area contributed by atoms with E-state index >= 15 is 0 Å². The molecule has 0 bridgehead atoms. The second kappa shape index (κ2) is 7.95. The Morgan fingerprint density at radius 1 is 1.24 bits per heavy atom. The quantitative estimate of drug-likeness (QED) is 0.620. The number of hydrogen-bond acceptors (Lipinski definition) is 4. The molecule has 0 unspecified atom stereocenters. The Labute approximate surface area is 133 Å². The third-order valence-corrected chi connectivity index (χ3v) is 4.85. The summed E-state index contributed by atoms with van der Waals surface area (Å²) in [6, 6.07) is 2.07. The molecule has 0 spiro atoms. The number of benzene rings is 1. The van der Waals surface area contributed by atoms with Crippen molar-refractivity contribution in [3.05, 3.63) is 27.7 Å². The molecule has 118 valence electrons. The summed E-state index contributed by atoms with van der Waals surface area (Å²) < 4.78 is 26.6. The molecule has 0 fully saturated rings. The predicted octanol–water partition coefficient (Wildman–Crippen LogP) is 1.97. The summed E-state index contributed by atoms with van der Waals surface area (Å²) in [6.07, 6.45) is 0.601. The third kappa shape index (κ3) is 5.12. The Bertz CT molecular complexity index is 620. The molecule has 0 aliphatic heterocycles. The zero-order valence-electron chi connectivity index (χ0n) is 11.3. The number of halogens is 2. The predicted molar refractivity (Wildman–Crippen MR) is 81.8 cm³/mol. The van der Waals surface area contributed by atoms with E-state index in [-0.39, 0.29) is 27.0 Å². The Morgan fingerprint density at radius 3 is 2.48 bits per heavy atom. The Kier molecular flexibility index (Phi) is 6.89. The van der Waals surface area contributed by atoms with Gasteiger partial charge in [0, 0.05) is 6.54 Å².